The van der Waals surface area contributed by atoms with Gasteiger partial charge in [-0.05, 0) is 89.7 Å². The van der Waals surface area contributed by atoms with Crippen LogP contribution in [0.3, 0.4) is 0 Å². The maximum Gasteiger partial charge on any atom is 2.00 e. The van der Waals surface area contributed by atoms with Crippen molar-refractivity contribution in [2.24, 2.45) is 0 Å². The fourth-order valence-electron chi connectivity index (χ4n) is 7.46. The molecule has 296 valence electrons. The first-order valence-corrected chi connectivity index (χ1v) is 20.2. The third kappa shape index (κ3) is 11.5. The van der Waals surface area contributed by atoms with Crippen molar-refractivity contribution in [3.8, 4) is 0 Å². The Bertz CT molecular complexity index is 1710. The smallest absolute Gasteiger partial charge is 0.288 e. The first-order valence-electron chi connectivity index (χ1n) is 17.3. The average Bonchev–Trinajstić information content (AvgIpc) is 3.84. The summed E-state index contributed by atoms with van der Waals surface area (Å²) in [6.07, 6.45) is -6.08. The van der Waals surface area contributed by atoms with E-state index in [0.717, 1.165) is 64.2 Å². The fourth-order valence-corrected chi connectivity index (χ4v) is 14.5. The zero-order valence-electron chi connectivity index (χ0n) is 29.2. The van der Waals surface area contributed by atoms with E-state index in [1.807, 2.05) is 6.92 Å². The number of hydrogen-bond donors (Lipinski definition) is 0. The predicted molar refractivity (Wildman–Crippen MR) is 186 cm³/mol. The van der Waals surface area contributed by atoms with Crippen molar-refractivity contribution >= 4 is 31.8 Å². The second-order valence-electron chi connectivity index (χ2n) is 13.5. The van der Waals surface area contributed by atoms with Gasteiger partial charge < -0.3 is 0 Å². The van der Waals surface area contributed by atoms with Crippen LogP contribution < -0.4 is 15.9 Å². The molecule has 0 amide bonds. The molecule has 0 saturated heterocycles. The molecule has 0 bridgehead atoms. The van der Waals surface area contributed by atoms with E-state index in [2.05, 4.69) is 35.4 Å². The molecule has 0 N–H and O–H groups in total. The summed E-state index contributed by atoms with van der Waals surface area (Å²) in [7, 11) is -3.62. The Labute approximate surface area is 325 Å². The zero-order chi connectivity index (χ0) is 39.5. The first kappa shape index (κ1) is 45.1. The number of benzene rings is 2. The van der Waals surface area contributed by atoms with Gasteiger partial charge >= 0.3 is 41.8 Å². The Morgan fingerprint density at radius 2 is 1.02 bits per heavy atom. The van der Waals surface area contributed by atoms with Crippen LogP contribution >= 0.6 is 15.8 Å². The molecule has 15 heteroatoms. The van der Waals surface area contributed by atoms with Crippen molar-refractivity contribution in [1.29, 1.82) is 0 Å². The van der Waals surface area contributed by atoms with Gasteiger partial charge in [-0.25, -0.2) is 17.9 Å². The standard InChI is InChI=1S/C35H34F12P2.C5.Fe/c1-21(48(26-9-4-2-5-10-26)27-11-6-3-7-12-27)30-13-8-14-31(30)49(28-17-22(32(36,37)38)15-23(18-28)33(39,40)41)29-19-24(34(42,43)44)16-25(20-29)35(45,46)47;1-2-4-5-3-1;/h8,14-21,26-27H,2-7,9-12H2,1H3;;/q2*-1;+2/t21-;;/m0../s1. The molecule has 0 heterocycles. The van der Waals surface area contributed by atoms with Crippen molar-refractivity contribution in [1.82, 2.24) is 0 Å². The third-order valence-electron chi connectivity index (χ3n) is 9.83. The van der Waals surface area contributed by atoms with Crippen LogP contribution in [-0.2, 0) is 41.8 Å². The van der Waals surface area contributed by atoms with Gasteiger partial charge in [0.15, 0.2) is 0 Å². The van der Waals surface area contributed by atoms with E-state index in [9.17, 15) is 52.7 Å². The number of halogens is 12. The van der Waals surface area contributed by atoms with Crippen molar-refractivity contribution in [2.45, 2.75) is 113 Å². The summed E-state index contributed by atoms with van der Waals surface area (Å²) in [6.45, 7) is 1.93. The third-order valence-corrected chi connectivity index (χ3v) is 16.1. The van der Waals surface area contributed by atoms with E-state index in [0.29, 0.717) is 41.1 Å². The number of allylic oxidation sites excluding steroid dienone is 2. The van der Waals surface area contributed by atoms with Crippen LogP contribution in [0.1, 0.15) is 105 Å². The number of hydrogen-bond acceptors (Lipinski definition) is 0. The van der Waals surface area contributed by atoms with Crippen LogP contribution in [-0.4, -0.2) is 11.3 Å². The summed E-state index contributed by atoms with van der Waals surface area (Å²) in [5, 5.41) is -1.20. The minimum Gasteiger partial charge on any atom is -0.288 e. The van der Waals surface area contributed by atoms with Crippen LogP contribution in [0.15, 0.2) is 65.7 Å². The normalized spacial score (nSPS) is 17.4. The second-order valence-corrected chi connectivity index (χ2v) is 18.8. The molecule has 1 atom stereocenters. The summed E-state index contributed by atoms with van der Waals surface area (Å²) < 4.78 is 169. The molecular weight excluding hydrogens is 826 g/mol. The fraction of sp³-hybridized carbons (Fsp3) is 0.450. The van der Waals surface area contributed by atoms with Crippen molar-refractivity contribution in [3.63, 3.8) is 0 Å². The molecule has 3 aromatic carbocycles. The summed E-state index contributed by atoms with van der Waals surface area (Å²) in [4.78, 5) is 0. The van der Waals surface area contributed by atoms with Gasteiger partial charge in [0.2, 0.25) is 0 Å². The summed E-state index contributed by atoms with van der Waals surface area (Å²) >= 11 is 0. The molecule has 55 heavy (non-hydrogen) atoms. The Balaban J connectivity index is 0.00000104. The molecule has 3 aliphatic rings. The van der Waals surface area contributed by atoms with Gasteiger partial charge in [0, 0.05) is 0 Å². The van der Waals surface area contributed by atoms with E-state index >= 15 is 0 Å². The molecule has 0 spiro atoms. The van der Waals surface area contributed by atoms with Crippen LogP contribution in [0.25, 0.3) is 0 Å². The maximum absolute atomic E-state index is 14.0. The number of rotatable bonds is 7. The van der Waals surface area contributed by atoms with Gasteiger partial charge in [-0.1, -0.05) is 61.3 Å². The molecule has 2 radical (unpaired) electrons. The summed E-state index contributed by atoms with van der Waals surface area (Å²) in [5.74, 6) is 0. The maximum atomic E-state index is 14.0. The first-order chi connectivity index (χ1) is 25.2. The molecule has 3 aliphatic carbocycles. The quantitative estimate of drug-likeness (QED) is 0.0730. The van der Waals surface area contributed by atoms with Crippen molar-refractivity contribution < 1.29 is 69.8 Å². The van der Waals surface area contributed by atoms with Gasteiger partial charge in [0.25, 0.3) is 0 Å². The van der Waals surface area contributed by atoms with Crippen LogP contribution in [0, 0.1) is 18.2 Å². The van der Waals surface area contributed by atoms with Gasteiger partial charge in [0.05, 0.1) is 22.3 Å². The van der Waals surface area contributed by atoms with E-state index in [1.165, 1.54) is 12.1 Å². The molecule has 2 saturated carbocycles. The molecule has 3 aromatic rings. The topological polar surface area (TPSA) is 0 Å². The second kappa shape index (κ2) is 18.3. The van der Waals surface area contributed by atoms with Crippen LogP contribution in [0.5, 0.6) is 0 Å². The molecule has 0 nitrogen and oxygen atoms in total. The zero-order valence-corrected chi connectivity index (χ0v) is 32.1. The van der Waals surface area contributed by atoms with Gasteiger partial charge in [0.1, 0.15) is 0 Å². The molecule has 0 aliphatic heterocycles. The summed E-state index contributed by atoms with van der Waals surface area (Å²) in [5.41, 5.74) is 1.49. The molecule has 2 fully saturated rings. The molecular formula is C40H34F12FeP2. The molecule has 6 rings (SSSR count). The average molecular weight is 860 g/mol. The van der Waals surface area contributed by atoms with E-state index < -0.39 is 73.4 Å². The molecule has 0 unspecified atom stereocenters. The Hall–Kier alpha value is -2.59. The minimum absolute atomic E-state index is 0. The van der Waals surface area contributed by atoms with E-state index in [1.54, 1.807) is 0 Å². The molecule has 0 aromatic heterocycles. The van der Waals surface area contributed by atoms with Crippen LogP contribution in [0.4, 0.5) is 52.7 Å². The Morgan fingerprint density at radius 1 is 0.618 bits per heavy atom. The SMILES string of the molecule is C[C@@H](c1[c]cc[c-]1P(c1cc(C(F)(F)F)cc(C(F)(F)F)c1)c1cc(C(F)(F)F)cc(C(F)(F)F)c1)P(C1CCCCC1)C1CCCCC1.[C]1=C=C=C=[C-]1.[Fe+2]. The van der Waals surface area contributed by atoms with E-state index in [-0.39, 0.29) is 40.2 Å². The Morgan fingerprint density at radius 3 is 1.33 bits per heavy atom. The van der Waals surface area contributed by atoms with E-state index in [4.69, 9.17) is 0 Å². The van der Waals surface area contributed by atoms with Gasteiger partial charge in [-0.15, -0.1) is 17.5 Å². The minimum atomic E-state index is -5.29. The Kier molecular flexibility index (Phi) is 15.0. The van der Waals surface area contributed by atoms with Crippen LogP contribution in [0.2, 0.25) is 0 Å². The largest absolute Gasteiger partial charge is 2.00 e. The monoisotopic (exact) mass is 860 g/mol. The summed E-state index contributed by atoms with van der Waals surface area (Å²) in [6, 6.07) is 7.38. The van der Waals surface area contributed by atoms with Crippen molar-refractivity contribution in [2.75, 3.05) is 0 Å². The van der Waals surface area contributed by atoms with Crippen molar-refractivity contribution in [3.05, 3.63) is 112 Å². The number of alkyl halides is 12. The van der Waals surface area contributed by atoms with Gasteiger partial charge in [-0.3, -0.25) is 11.5 Å². The van der Waals surface area contributed by atoms with Gasteiger partial charge in [-0.2, -0.15) is 64.3 Å². The predicted octanol–water partition coefficient (Wildman–Crippen LogP) is 12.9.